The highest BCUT2D eigenvalue weighted by molar-refractivity contribution is 6.24. The summed E-state index contributed by atoms with van der Waals surface area (Å²) in [5, 5.41) is 4.51. The first-order valence-corrected chi connectivity index (χ1v) is 14.5. The molecule has 6 rings (SSSR count). The predicted molar refractivity (Wildman–Crippen MR) is 154 cm³/mol. The van der Waals surface area contributed by atoms with Gasteiger partial charge in [-0.05, 0) is 53.5 Å². The molecule has 43 heavy (non-hydrogen) atoms. The molecule has 11 heteroatoms. The van der Waals surface area contributed by atoms with Gasteiger partial charge < -0.3 is 4.90 Å². The maximum absolute atomic E-state index is 12.7. The maximum atomic E-state index is 12.7. The second-order valence-electron chi connectivity index (χ2n) is 11.8. The minimum atomic E-state index is -0.912. The molecule has 2 aromatic carbocycles. The zero-order valence-electron chi connectivity index (χ0n) is 24.6. The number of piperidine rings is 2. The molecular formula is C32H34N4O7. The third-order valence-electron chi connectivity index (χ3n) is 8.36. The van der Waals surface area contributed by atoms with Crippen molar-refractivity contribution in [1.29, 1.82) is 0 Å². The van der Waals surface area contributed by atoms with Crippen molar-refractivity contribution in [2.45, 2.75) is 83.8 Å². The lowest BCUT2D eigenvalue weighted by Gasteiger charge is -2.29. The molecule has 7 amide bonds. The van der Waals surface area contributed by atoms with Crippen molar-refractivity contribution >= 4 is 41.4 Å². The summed E-state index contributed by atoms with van der Waals surface area (Å²) in [6, 6.07) is 9.46. The van der Waals surface area contributed by atoms with Gasteiger partial charge in [-0.1, -0.05) is 52.0 Å². The second kappa shape index (κ2) is 11.5. The van der Waals surface area contributed by atoms with Crippen LogP contribution < -0.4 is 10.6 Å². The summed E-state index contributed by atoms with van der Waals surface area (Å²) < 4.78 is 0. The highest BCUT2D eigenvalue weighted by Crippen LogP contribution is 2.34. The number of rotatable bonds is 4. The fraction of sp³-hybridized carbons (Fsp3) is 0.406. The van der Waals surface area contributed by atoms with Gasteiger partial charge in [-0.2, -0.15) is 0 Å². The largest absolute Gasteiger partial charge is 0.322 e. The number of benzene rings is 2. The number of carbonyl (C=O) groups is 7. The second-order valence-corrected chi connectivity index (χ2v) is 11.8. The van der Waals surface area contributed by atoms with Crippen LogP contribution in [0, 0.1) is 0 Å². The summed E-state index contributed by atoms with van der Waals surface area (Å²) in [6.45, 7) is 8.53. The third-order valence-corrected chi connectivity index (χ3v) is 8.36. The van der Waals surface area contributed by atoms with Crippen molar-refractivity contribution in [3.63, 3.8) is 0 Å². The molecule has 0 spiro atoms. The van der Waals surface area contributed by atoms with Crippen LogP contribution in [-0.4, -0.2) is 63.2 Å². The molecule has 4 aliphatic heterocycles. The molecule has 224 valence electrons. The van der Waals surface area contributed by atoms with E-state index in [1.54, 1.807) is 17.0 Å². The summed E-state index contributed by atoms with van der Waals surface area (Å²) >= 11 is 0. The fourth-order valence-corrected chi connectivity index (χ4v) is 6.17. The summed E-state index contributed by atoms with van der Waals surface area (Å²) in [7, 11) is 0. The Balaban J connectivity index is 0.000000171. The average Bonchev–Trinajstić information content (AvgIpc) is 3.42. The molecule has 11 nitrogen and oxygen atoms in total. The van der Waals surface area contributed by atoms with E-state index in [4.69, 9.17) is 0 Å². The molecule has 2 fully saturated rings. The van der Waals surface area contributed by atoms with E-state index in [2.05, 4.69) is 24.5 Å². The van der Waals surface area contributed by atoms with Gasteiger partial charge in [-0.15, -0.1) is 0 Å². The van der Waals surface area contributed by atoms with E-state index >= 15 is 0 Å². The maximum Gasteiger partial charge on any atom is 0.262 e. The van der Waals surface area contributed by atoms with E-state index in [0.717, 1.165) is 21.6 Å². The predicted octanol–water partition coefficient (Wildman–Crippen LogP) is 2.78. The number of hydrogen-bond acceptors (Lipinski definition) is 7. The summed E-state index contributed by atoms with van der Waals surface area (Å²) in [4.78, 5) is 86.8. The van der Waals surface area contributed by atoms with Gasteiger partial charge in [0.25, 0.3) is 17.7 Å². The molecule has 2 aromatic rings. The van der Waals surface area contributed by atoms with Crippen LogP contribution in [0.5, 0.6) is 0 Å². The van der Waals surface area contributed by atoms with E-state index in [1.165, 1.54) is 0 Å². The van der Waals surface area contributed by atoms with Crippen molar-refractivity contribution in [1.82, 2.24) is 20.4 Å². The van der Waals surface area contributed by atoms with Gasteiger partial charge >= 0.3 is 0 Å². The van der Waals surface area contributed by atoms with Gasteiger partial charge in [0, 0.05) is 24.9 Å². The fourth-order valence-electron chi connectivity index (χ4n) is 6.17. The molecule has 2 saturated heterocycles. The Kier molecular flexibility index (Phi) is 8.00. The standard InChI is InChI=1S/C16H16N2O4.C16H18N2O3/c1-8(2)9-4-3-5-10-13(9)16(22)18(15(10)21)11-6-7-12(19)17-14(11)20;1-9(2)10-4-3-5-11-12(10)8-18(16(11)21)13-6-7-14(19)17-15(13)20/h3-5,8,11H,6-7H2,1-2H3,(H,17,19,20);3-5,9,13H,6-8H2,1-2H3,(H,17,19,20). The molecule has 2 unspecified atom stereocenters. The quantitative estimate of drug-likeness (QED) is 0.523. The van der Waals surface area contributed by atoms with E-state index in [9.17, 15) is 33.6 Å². The lowest BCUT2D eigenvalue weighted by atomic mass is 9.94. The van der Waals surface area contributed by atoms with E-state index in [0.29, 0.717) is 35.6 Å². The highest BCUT2D eigenvalue weighted by atomic mass is 16.2. The van der Waals surface area contributed by atoms with Crippen LogP contribution in [0.3, 0.4) is 0 Å². The molecule has 0 saturated carbocycles. The van der Waals surface area contributed by atoms with Gasteiger partial charge in [-0.25, -0.2) is 0 Å². The number of nitrogens with zero attached hydrogens (tertiary/aromatic N) is 2. The number of carbonyl (C=O) groups excluding carboxylic acids is 7. The first-order valence-electron chi connectivity index (χ1n) is 14.5. The van der Waals surface area contributed by atoms with Gasteiger partial charge in [-0.3, -0.25) is 49.1 Å². The van der Waals surface area contributed by atoms with Crippen molar-refractivity contribution in [2.24, 2.45) is 0 Å². The lowest BCUT2D eigenvalue weighted by molar-refractivity contribution is -0.138. The molecule has 2 N–H and O–H groups in total. The SMILES string of the molecule is CC(C)c1cccc2c1C(=O)N(C1CCC(=O)NC1=O)C2=O.CC(C)c1cccc2c1CN(C1CCC(=O)NC1=O)C2=O. The molecular weight excluding hydrogens is 552 g/mol. The number of fused-ring (bicyclic) bond motifs is 2. The summed E-state index contributed by atoms with van der Waals surface area (Å²) in [5.41, 5.74) is 4.36. The average molecular weight is 587 g/mol. The van der Waals surface area contributed by atoms with Crippen molar-refractivity contribution in [2.75, 3.05) is 0 Å². The summed E-state index contributed by atoms with van der Waals surface area (Å²) in [6.07, 6.45) is 0.989. The van der Waals surface area contributed by atoms with Crippen LogP contribution in [0.2, 0.25) is 0 Å². The van der Waals surface area contributed by atoms with E-state index in [1.807, 2.05) is 38.1 Å². The minimum absolute atomic E-state index is 0.0911. The van der Waals surface area contributed by atoms with Gasteiger partial charge in [0.1, 0.15) is 12.1 Å². The van der Waals surface area contributed by atoms with Gasteiger partial charge in [0.2, 0.25) is 23.6 Å². The van der Waals surface area contributed by atoms with Crippen LogP contribution in [0.1, 0.15) is 113 Å². The highest BCUT2D eigenvalue weighted by Gasteiger charge is 2.45. The molecule has 0 radical (unpaired) electrons. The molecule has 4 aliphatic rings. The first-order chi connectivity index (χ1) is 20.4. The molecule has 0 bridgehead atoms. The Morgan fingerprint density at radius 1 is 0.651 bits per heavy atom. The Morgan fingerprint density at radius 2 is 1.19 bits per heavy atom. The Morgan fingerprint density at radius 3 is 1.74 bits per heavy atom. The zero-order valence-corrected chi connectivity index (χ0v) is 24.6. The van der Waals surface area contributed by atoms with Crippen molar-refractivity contribution < 1.29 is 33.6 Å². The van der Waals surface area contributed by atoms with Crippen molar-refractivity contribution in [3.8, 4) is 0 Å². The monoisotopic (exact) mass is 586 g/mol. The number of imide groups is 3. The Labute approximate surface area is 249 Å². The van der Waals surface area contributed by atoms with Gasteiger partial charge in [0.05, 0.1) is 11.1 Å². The van der Waals surface area contributed by atoms with Crippen LogP contribution in [-0.2, 0) is 25.7 Å². The van der Waals surface area contributed by atoms with Crippen molar-refractivity contribution in [3.05, 3.63) is 69.8 Å². The molecule has 2 atom stereocenters. The molecule has 0 aromatic heterocycles. The Hall–Kier alpha value is -4.67. The lowest BCUT2D eigenvalue weighted by Crippen LogP contribution is -2.54. The number of amides is 7. The van der Waals surface area contributed by atoms with E-state index < -0.39 is 29.8 Å². The smallest absolute Gasteiger partial charge is 0.262 e. The zero-order chi connectivity index (χ0) is 31.2. The van der Waals surface area contributed by atoms with Crippen LogP contribution in [0.15, 0.2) is 36.4 Å². The normalized spacial score (nSPS) is 21.6. The van der Waals surface area contributed by atoms with E-state index in [-0.39, 0.29) is 48.8 Å². The van der Waals surface area contributed by atoms with Gasteiger partial charge in [0.15, 0.2) is 0 Å². The van der Waals surface area contributed by atoms with Crippen LogP contribution in [0.4, 0.5) is 0 Å². The topological polar surface area (TPSA) is 150 Å². The van der Waals surface area contributed by atoms with Crippen LogP contribution >= 0.6 is 0 Å². The third kappa shape index (κ3) is 5.35. The molecule has 0 aliphatic carbocycles. The van der Waals surface area contributed by atoms with Crippen LogP contribution in [0.25, 0.3) is 0 Å². The molecule has 4 heterocycles. The first kappa shape index (κ1) is 29.8. The summed E-state index contributed by atoms with van der Waals surface area (Å²) in [5.74, 6) is -2.18. The number of nitrogens with one attached hydrogen (secondary N) is 2. The number of hydrogen-bond donors (Lipinski definition) is 2. The Bertz CT molecular complexity index is 1580. The minimum Gasteiger partial charge on any atom is -0.322 e.